The van der Waals surface area contributed by atoms with E-state index in [-0.39, 0.29) is 22.6 Å². The summed E-state index contributed by atoms with van der Waals surface area (Å²) in [5.74, 6) is -1.59. The maximum Gasteiger partial charge on any atom is 0.337 e. The molecule has 0 radical (unpaired) electrons. The molecular formula is C22H28N4O5. The van der Waals surface area contributed by atoms with Gasteiger partial charge in [0.25, 0.3) is 0 Å². The second kappa shape index (κ2) is 9.84. The fourth-order valence-corrected chi connectivity index (χ4v) is 3.67. The van der Waals surface area contributed by atoms with E-state index < -0.39 is 11.9 Å². The molecule has 1 aliphatic rings. The monoisotopic (exact) mass is 428 g/mol. The van der Waals surface area contributed by atoms with Crippen molar-refractivity contribution < 1.29 is 24.2 Å². The molecule has 0 bridgehead atoms. The zero-order valence-electron chi connectivity index (χ0n) is 18.1. The number of carboxylic acid groups (broad SMARTS) is 1. The summed E-state index contributed by atoms with van der Waals surface area (Å²) in [4.78, 5) is 44.7. The Morgan fingerprint density at radius 2 is 1.84 bits per heavy atom. The number of esters is 1. The Kier molecular flexibility index (Phi) is 7.19. The molecule has 0 aliphatic carbocycles. The fourth-order valence-electron chi connectivity index (χ4n) is 3.67. The molecule has 1 N–H and O–H groups in total. The highest BCUT2D eigenvalue weighted by Gasteiger charge is 2.21. The van der Waals surface area contributed by atoms with Crippen LogP contribution in [0.5, 0.6) is 0 Å². The van der Waals surface area contributed by atoms with Gasteiger partial charge in [-0.2, -0.15) is 0 Å². The fraction of sp³-hybridized carbons (Fsp3) is 0.455. The van der Waals surface area contributed by atoms with Crippen molar-refractivity contribution in [3.05, 3.63) is 41.2 Å². The van der Waals surface area contributed by atoms with Gasteiger partial charge in [-0.1, -0.05) is 0 Å². The maximum atomic E-state index is 11.9. The van der Waals surface area contributed by atoms with E-state index >= 15 is 0 Å². The lowest BCUT2D eigenvalue weighted by Gasteiger charge is -2.32. The van der Waals surface area contributed by atoms with E-state index in [4.69, 9.17) is 0 Å². The molecular weight excluding hydrogens is 400 g/mol. The van der Waals surface area contributed by atoms with Crippen molar-refractivity contribution >= 4 is 17.7 Å². The van der Waals surface area contributed by atoms with Crippen LogP contribution < -0.4 is 0 Å². The van der Waals surface area contributed by atoms with Crippen LogP contribution >= 0.6 is 0 Å². The molecule has 31 heavy (non-hydrogen) atoms. The first-order valence-electron chi connectivity index (χ1n) is 10.2. The lowest BCUT2D eigenvalue weighted by molar-refractivity contribution is 0.0600. The molecule has 9 heteroatoms. The van der Waals surface area contributed by atoms with E-state index in [9.17, 15) is 19.5 Å². The number of imidazole rings is 1. The van der Waals surface area contributed by atoms with E-state index in [1.165, 1.54) is 26.2 Å². The van der Waals surface area contributed by atoms with Gasteiger partial charge in [0, 0.05) is 51.4 Å². The number of benzene rings is 1. The van der Waals surface area contributed by atoms with Crippen molar-refractivity contribution in [1.82, 2.24) is 19.4 Å². The van der Waals surface area contributed by atoms with Gasteiger partial charge in [0.2, 0.25) is 0 Å². The topological polar surface area (TPSA) is 105 Å². The molecule has 0 spiro atoms. The van der Waals surface area contributed by atoms with E-state index in [0.29, 0.717) is 17.9 Å². The molecule has 1 aromatic carbocycles. The third kappa shape index (κ3) is 5.36. The van der Waals surface area contributed by atoms with Crippen molar-refractivity contribution in [2.24, 2.45) is 0 Å². The Balaban J connectivity index is 1.87. The zero-order valence-corrected chi connectivity index (χ0v) is 18.1. The van der Waals surface area contributed by atoms with Gasteiger partial charge < -0.3 is 24.2 Å². The van der Waals surface area contributed by atoms with Gasteiger partial charge in [0.1, 0.15) is 11.5 Å². The van der Waals surface area contributed by atoms with Gasteiger partial charge >= 0.3 is 11.9 Å². The molecule has 1 fully saturated rings. The average Bonchev–Trinajstić information content (AvgIpc) is 3.18. The van der Waals surface area contributed by atoms with E-state index in [0.717, 1.165) is 39.1 Å². The lowest BCUT2D eigenvalue weighted by atomic mass is 10.0. The van der Waals surface area contributed by atoms with Crippen LogP contribution in [0.4, 0.5) is 0 Å². The number of methoxy groups -OCH3 is 1. The maximum absolute atomic E-state index is 11.9. The Morgan fingerprint density at radius 1 is 1.13 bits per heavy atom. The number of aryl methyl sites for hydroxylation is 1. The largest absolute Gasteiger partial charge is 0.478 e. The first-order chi connectivity index (χ1) is 14.8. The first kappa shape index (κ1) is 22.6. The number of carbonyl (C=O) groups excluding carboxylic acids is 2. The highest BCUT2D eigenvalue weighted by Crippen LogP contribution is 2.26. The lowest BCUT2D eigenvalue weighted by Crippen LogP contribution is -2.44. The summed E-state index contributed by atoms with van der Waals surface area (Å²) in [6, 6.07) is 4.32. The molecule has 0 unspecified atom stereocenters. The number of nitrogens with zero attached hydrogens (tertiary/aromatic N) is 4. The van der Waals surface area contributed by atoms with Crippen molar-refractivity contribution in [2.45, 2.75) is 19.9 Å². The van der Waals surface area contributed by atoms with Gasteiger partial charge in [-0.15, -0.1) is 0 Å². The SMILES string of the molecule is COC(=O)c1ccc(-c2nc(C(C)=O)cn2CCCN2CCN(C)CC2)c(C(=O)O)c1. The highest BCUT2D eigenvalue weighted by molar-refractivity contribution is 6.00. The van der Waals surface area contributed by atoms with Crippen molar-refractivity contribution in [2.75, 3.05) is 46.9 Å². The third-order valence-corrected chi connectivity index (χ3v) is 5.52. The number of aromatic nitrogens is 2. The third-order valence-electron chi connectivity index (χ3n) is 5.52. The summed E-state index contributed by atoms with van der Waals surface area (Å²) in [6.07, 6.45) is 2.51. The number of aromatic carboxylic acids is 1. The number of Topliss-reactive ketones (excluding diaryl/α,β-unsaturated/α-hetero) is 1. The van der Waals surface area contributed by atoms with Crippen molar-refractivity contribution in [3.8, 4) is 11.4 Å². The van der Waals surface area contributed by atoms with Crippen LogP contribution in [0.1, 0.15) is 44.5 Å². The minimum Gasteiger partial charge on any atom is -0.478 e. The molecule has 166 valence electrons. The number of ether oxygens (including phenoxy) is 1. The smallest absolute Gasteiger partial charge is 0.337 e. The zero-order chi connectivity index (χ0) is 22.5. The summed E-state index contributed by atoms with van der Waals surface area (Å²) in [5.41, 5.74) is 0.711. The van der Waals surface area contributed by atoms with Crippen LogP contribution in [-0.2, 0) is 11.3 Å². The minimum atomic E-state index is -1.18. The number of carbonyl (C=O) groups is 3. The Hall–Kier alpha value is -3.04. The van der Waals surface area contributed by atoms with E-state index in [1.54, 1.807) is 12.3 Å². The summed E-state index contributed by atoms with van der Waals surface area (Å²) in [5, 5.41) is 9.71. The number of piperazine rings is 1. The Morgan fingerprint density at radius 3 is 2.45 bits per heavy atom. The van der Waals surface area contributed by atoms with Crippen LogP contribution in [0.3, 0.4) is 0 Å². The van der Waals surface area contributed by atoms with Gasteiger partial charge in [0.05, 0.1) is 18.2 Å². The molecule has 1 saturated heterocycles. The van der Waals surface area contributed by atoms with E-state index in [2.05, 4.69) is 26.6 Å². The second-order valence-corrected chi connectivity index (χ2v) is 7.75. The number of ketones is 1. The van der Waals surface area contributed by atoms with Crippen molar-refractivity contribution in [1.29, 1.82) is 0 Å². The van der Waals surface area contributed by atoms with Crippen LogP contribution in [-0.4, -0.2) is 89.1 Å². The quantitative estimate of drug-likeness (QED) is 0.502. The summed E-state index contributed by atoms with van der Waals surface area (Å²) in [7, 11) is 3.35. The first-order valence-corrected chi connectivity index (χ1v) is 10.2. The minimum absolute atomic E-state index is 0.0658. The molecule has 9 nitrogen and oxygen atoms in total. The van der Waals surface area contributed by atoms with Gasteiger partial charge in [-0.05, 0) is 38.2 Å². The number of hydrogen-bond acceptors (Lipinski definition) is 7. The number of likely N-dealkylation sites (N-methyl/N-ethyl adjacent to an activating group) is 1. The number of carboxylic acids is 1. The molecule has 3 rings (SSSR count). The van der Waals surface area contributed by atoms with Crippen LogP contribution in [0, 0.1) is 0 Å². The molecule has 0 saturated carbocycles. The summed E-state index contributed by atoms with van der Waals surface area (Å²) < 4.78 is 6.51. The van der Waals surface area contributed by atoms with Gasteiger partial charge in [0.15, 0.2) is 5.78 Å². The number of rotatable bonds is 8. The average molecular weight is 428 g/mol. The molecule has 0 amide bonds. The Labute approximate surface area is 181 Å². The predicted molar refractivity (Wildman–Crippen MR) is 115 cm³/mol. The van der Waals surface area contributed by atoms with Gasteiger partial charge in [-0.3, -0.25) is 4.79 Å². The molecule has 2 aromatic rings. The molecule has 2 heterocycles. The predicted octanol–water partition coefficient (Wildman–Crippen LogP) is 1.88. The molecule has 0 atom stereocenters. The van der Waals surface area contributed by atoms with Crippen LogP contribution in [0.15, 0.2) is 24.4 Å². The van der Waals surface area contributed by atoms with Crippen molar-refractivity contribution in [3.63, 3.8) is 0 Å². The van der Waals surface area contributed by atoms with E-state index in [1.807, 2.05) is 4.57 Å². The Bertz CT molecular complexity index is 976. The number of hydrogen-bond donors (Lipinski definition) is 1. The summed E-state index contributed by atoms with van der Waals surface area (Å²) >= 11 is 0. The van der Waals surface area contributed by atoms with Crippen LogP contribution in [0.25, 0.3) is 11.4 Å². The van der Waals surface area contributed by atoms with Gasteiger partial charge in [-0.25, -0.2) is 14.6 Å². The second-order valence-electron chi connectivity index (χ2n) is 7.75. The van der Waals surface area contributed by atoms with Crippen LogP contribution in [0.2, 0.25) is 0 Å². The standard InChI is InChI=1S/C22H28N4O5/c1-15(27)19-14-26(8-4-7-25-11-9-24(2)10-12-25)20(23-19)17-6-5-16(22(30)31-3)13-18(17)21(28)29/h5-6,13-14H,4,7-12H2,1-3H3,(H,28,29). The molecule has 1 aromatic heterocycles. The molecule has 1 aliphatic heterocycles. The highest BCUT2D eigenvalue weighted by atomic mass is 16.5. The normalized spacial score (nSPS) is 15.1. The summed E-state index contributed by atoms with van der Waals surface area (Å²) in [6.45, 7) is 7.06.